The summed E-state index contributed by atoms with van der Waals surface area (Å²) in [6, 6.07) is 16.3. The molecule has 0 spiro atoms. The van der Waals surface area contributed by atoms with Crippen LogP contribution in [0.15, 0.2) is 59.8 Å². The molecule has 0 aliphatic carbocycles. The van der Waals surface area contributed by atoms with Gasteiger partial charge in [0.05, 0.1) is 11.5 Å². The van der Waals surface area contributed by atoms with Crippen molar-refractivity contribution in [2.75, 3.05) is 0 Å². The Morgan fingerprint density at radius 1 is 1.06 bits per heavy atom. The highest BCUT2D eigenvalue weighted by Gasteiger charge is 2.16. The molecule has 9 heteroatoms. The van der Waals surface area contributed by atoms with Crippen molar-refractivity contribution in [2.45, 2.75) is 56.5 Å². The van der Waals surface area contributed by atoms with E-state index >= 15 is 0 Å². The minimum atomic E-state index is -0.430. The Kier molecular flexibility index (Phi) is 8.79. The number of unbranched alkanes of at least 4 members (excludes halogenated alkanes) is 3. The molecule has 0 fully saturated rings. The van der Waals surface area contributed by atoms with E-state index < -0.39 is 4.92 Å². The third kappa shape index (κ3) is 6.65. The topological polar surface area (TPSA) is 103 Å². The van der Waals surface area contributed by atoms with Gasteiger partial charge in [0.1, 0.15) is 0 Å². The van der Waals surface area contributed by atoms with Crippen molar-refractivity contribution >= 4 is 23.4 Å². The van der Waals surface area contributed by atoms with Gasteiger partial charge in [-0.3, -0.25) is 19.5 Å². The number of rotatable bonds is 12. The molecule has 0 aliphatic heterocycles. The molecule has 2 aromatic carbocycles. The van der Waals surface area contributed by atoms with Gasteiger partial charge in [-0.05, 0) is 24.1 Å². The fraction of sp³-hybridized carbons (Fsp3) is 0.348. The number of carbonyl (C=O) groups excluding carboxylic acids is 1. The van der Waals surface area contributed by atoms with Gasteiger partial charge in [-0.2, -0.15) is 0 Å². The molecule has 1 heterocycles. The second kappa shape index (κ2) is 12.0. The number of nitrogens with one attached hydrogen (secondary N) is 1. The molecule has 0 saturated heterocycles. The molecule has 1 N–H and O–H groups in total. The molecule has 3 aromatic rings. The lowest BCUT2D eigenvalue weighted by atomic mass is 10.1. The average Bonchev–Trinajstić information content (AvgIpc) is 3.22. The maximum atomic E-state index is 12.2. The third-order valence-corrected chi connectivity index (χ3v) is 5.93. The van der Waals surface area contributed by atoms with Crippen LogP contribution in [0, 0.1) is 10.1 Å². The summed E-state index contributed by atoms with van der Waals surface area (Å²) >= 11 is 1.52. The Balaban J connectivity index is 1.75. The fourth-order valence-electron chi connectivity index (χ4n) is 3.19. The zero-order chi connectivity index (χ0) is 22.8. The van der Waals surface area contributed by atoms with Crippen molar-refractivity contribution in [2.24, 2.45) is 0 Å². The van der Waals surface area contributed by atoms with Gasteiger partial charge in [0.2, 0.25) is 5.91 Å². The minimum absolute atomic E-state index is 0.0159. The predicted octanol–water partition coefficient (Wildman–Crippen LogP) is 5.05. The number of hydrogen-bond donors (Lipinski definition) is 1. The molecular formula is C23H27N5O3S. The summed E-state index contributed by atoms with van der Waals surface area (Å²) in [6.45, 7) is 2.38. The van der Waals surface area contributed by atoms with Gasteiger partial charge in [-0.25, -0.2) is 0 Å². The van der Waals surface area contributed by atoms with Crippen LogP contribution < -0.4 is 5.32 Å². The van der Waals surface area contributed by atoms with Crippen molar-refractivity contribution < 1.29 is 9.72 Å². The summed E-state index contributed by atoms with van der Waals surface area (Å²) in [7, 11) is 0. The van der Waals surface area contributed by atoms with Crippen LogP contribution in [0.3, 0.4) is 0 Å². The number of benzene rings is 2. The van der Waals surface area contributed by atoms with E-state index in [-0.39, 0.29) is 18.1 Å². The number of nitro benzene ring substituents is 1. The van der Waals surface area contributed by atoms with Crippen LogP contribution in [0.4, 0.5) is 5.69 Å². The Bertz CT molecular complexity index is 1020. The number of carbonyl (C=O) groups is 1. The molecular weight excluding hydrogens is 426 g/mol. The first-order valence-electron chi connectivity index (χ1n) is 10.7. The Hall–Kier alpha value is -3.20. The minimum Gasteiger partial charge on any atom is -0.349 e. The summed E-state index contributed by atoms with van der Waals surface area (Å²) in [4.78, 5) is 22.8. The number of nitro groups is 1. The second-order valence-electron chi connectivity index (χ2n) is 7.37. The Morgan fingerprint density at radius 2 is 1.81 bits per heavy atom. The Labute approximate surface area is 191 Å². The molecule has 0 saturated carbocycles. The van der Waals surface area contributed by atoms with Crippen LogP contribution in [-0.4, -0.2) is 25.6 Å². The molecule has 32 heavy (non-hydrogen) atoms. The van der Waals surface area contributed by atoms with Gasteiger partial charge in [-0.1, -0.05) is 68.3 Å². The fourth-order valence-corrected chi connectivity index (χ4v) is 4.12. The summed E-state index contributed by atoms with van der Waals surface area (Å²) in [5, 5.41) is 23.2. The van der Waals surface area contributed by atoms with Crippen molar-refractivity contribution in [1.29, 1.82) is 0 Å². The standard InChI is InChI=1S/C23H27N5O3S/c1-2-3-4-8-11-22(29)24-16-21-25-26-23(32-17-18-9-6-5-7-10-18)27(21)19-12-14-20(15-13-19)28(30)31/h5-7,9-10,12-15H,2-4,8,11,16-17H2,1H3,(H,24,29). The smallest absolute Gasteiger partial charge is 0.269 e. The van der Waals surface area contributed by atoms with Gasteiger partial charge in [0, 0.05) is 30.0 Å². The van der Waals surface area contributed by atoms with E-state index in [0.29, 0.717) is 28.8 Å². The molecule has 3 rings (SSSR count). The average molecular weight is 454 g/mol. The van der Waals surface area contributed by atoms with E-state index in [2.05, 4.69) is 22.4 Å². The molecule has 8 nitrogen and oxygen atoms in total. The lowest BCUT2D eigenvalue weighted by Gasteiger charge is -2.11. The van der Waals surface area contributed by atoms with E-state index in [9.17, 15) is 14.9 Å². The van der Waals surface area contributed by atoms with Crippen molar-refractivity contribution in [1.82, 2.24) is 20.1 Å². The van der Waals surface area contributed by atoms with Gasteiger partial charge in [-0.15, -0.1) is 10.2 Å². The van der Waals surface area contributed by atoms with E-state index in [0.717, 1.165) is 31.2 Å². The SMILES string of the molecule is CCCCCCC(=O)NCc1nnc(SCc2ccccc2)n1-c1ccc([N+](=O)[O-])cc1. The van der Waals surface area contributed by atoms with E-state index in [1.54, 1.807) is 12.1 Å². The zero-order valence-electron chi connectivity index (χ0n) is 18.1. The quantitative estimate of drug-likeness (QED) is 0.178. The monoisotopic (exact) mass is 453 g/mol. The first-order valence-corrected chi connectivity index (χ1v) is 11.7. The molecule has 0 radical (unpaired) electrons. The van der Waals surface area contributed by atoms with Crippen LogP contribution in [-0.2, 0) is 17.1 Å². The lowest BCUT2D eigenvalue weighted by Crippen LogP contribution is -2.24. The van der Waals surface area contributed by atoms with E-state index in [4.69, 9.17) is 0 Å². The zero-order valence-corrected chi connectivity index (χ0v) is 18.9. The summed E-state index contributed by atoms with van der Waals surface area (Å²) in [6.07, 6.45) is 4.66. The maximum absolute atomic E-state index is 12.2. The molecule has 168 valence electrons. The lowest BCUT2D eigenvalue weighted by molar-refractivity contribution is -0.384. The highest BCUT2D eigenvalue weighted by Crippen LogP contribution is 2.26. The first-order chi connectivity index (χ1) is 15.6. The normalized spacial score (nSPS) is 10.8. The number of nitrogens with zero attached hydrogens (tertiary/aromatic N) is 4. The second-order valence-corrected chi connectivity index (χ2v) is 8.31. The van der Waals surface area contributed by atoms with Crippen LogP contribution in [0.5, 0.6) is 0 Å². The molecule has 0 aliphatic rings. The van der Waals surface area contributed by atoms with E-state index in [1.165, 1.54) is 23.9 Å². The van der Waals surface area contributed by atoms with Gasteiger partial charge >= 0.3 is 0 Å². The third-order valence-electron chi connectivity index (χ3n) is 4.93. The van der Waals surface area contributed by atoms with Crippen LogP contribution in [0.1, 0.15) is 50.4 Å². The van der Waals surface area contributed by atoms with Gasteiger partial charge in [0.15, 0.2) is 11.0 Å². The number of hydrogen-bond acceptors (Lipinski definition) is 6. The summed E-state index contributed by atoms with van der Waals surface area (Å²) in [5.41, 5.74) is 1.88. The maximum Gasteiger partial charge on any atom is 0.269 e. The molecule has 0 atom stereocenters. The van der Waals surface area contributed by atoms with Crippen molar-refractivity contribution in [3.63, 3.8) is 0 Å². The molecule has 1 amide bonds. The highest BCUT2D eigenvalue weighted by molar-refractivity contribution is 7.98. The number of non-ortho nitro benzene ring substituents is 1. The van der Waals surface area contributed by atoms with Crippen LogP contribution in [0.25, 0.3) is 5.69 Å². The molecule has 0 bridgehead atoms. The van der Waals surface area contributed by atoms with Crippen molar-refractivity contribution in [3.8, 4) is 5.69 Å². The highest BCUT2D eigenvalue weighted by atomic mass is 32.2. The van der Waals surface area contributed by atoms with Crippen molar-refractivity contribution in [3.05, 3.63) is 76.1 Å². The molecule has 1 aromatic heterocycles. The molecule has 0 unspecified atom stereocenters. The predicted molar refractivity (Wildman–Crippen MR) is 125 cm³/mol. The largest absolute Gasteiger partial charge is 0.349 e. The first kappa shape index (κ1) is 23.5. The summed E-state index contributed by atoms with van der Waals surface area (Å²) in [5.74, 6) is 1.27. The summed E-state index contributed by atoms with van der Waals surface area (Å²) < 4.78 is 1.84. The van der Waals surface area contributed by atoms with Gasteiger partial charge in [0.25, 0.3) is 5.69 Å². The van der Waals surface area contributed by atoms with Crippen LogP contribution in [0.2, 0.25) is 0 Å². The number of thioether (sulfide) groups is 1. The van der Waals surface area contributed by atoms with E-state index in [1.807, 2.05) is 34.9 Å². The van der Waals surface area contributed by atoms with Gasteiger partial charge < -0.3 is 5.32 Å². The Morgan fingerprint density at radius 3 is 2.50 bits per heavy atom. The number of amides is 1. The van der Waals surface area contributed by atoms with Crippen LogP contribution >= 0.6 is 11.8 Å². The number of aromatic nitrogens is 3.